The third-order valence-corrected chi connectivity index (χ3v) is 2.54. The van der Waals surface area contributed by atoms with E-state index in [2.05, 4.69) is 16.0 Å². The van der Waals surface area contributed by atoms with E-state index in [1.54, 1.807) is 6.20 Å². The van der Waals surface area contributed by atoms with Crippen LogP contribution in [0.5, 0.6) is 0 Å². The lowest BCUT2D eigenvalue weighted by atomic mass is 10.0. The van der Waals surface area contributed by atoms with E-state index >= 15 is 0 Å². The molecule has 3 N–H and O–H groups in total. The summed E-state index contributed by atoms with van der Waals surface area (Å²) < 4.78 is 0. The highest BCUT2D eigenvalue weighted by molar-refractivity contribution is 5.77. The summed E-state index contributed by atoms with van der Waals surface area (Å²) in [6.45, 7) is 2.02. The van der Waals surface area contributed by atoms with E-state index < -0.39 is 0 Å². The zero-order valence-electron chi connectivity index (χ0n) is 9.44. The summed E-state index contributed by atoms with van der Waals surface area (Å²) in [6.07, 6.45) is 2.94. The van der Waals surface area contributed by atoms with Gasteiger partial charge in [-0.3, -0.25) is 0 Å². The average molecular weight is 224 g/mol. The molecule has 0 bridgehead atoms. The molecule has 1 aromatic heterocycles. The molecule has 0 saturated heterocycles. The number of hydrogen-bond donors (Lipinski definition) is 2. The maximum atomic E-state index is 9.15. The van der Waals surface area contributed by atoms with Gasteiger partial charge >= 0.3 is 0 Å². The Morgan fingerprint density at radius 3 is 2.65 bits per heavy atom. The summed E-state index contributed by atoms with van der Waals surface area (Å²) in [5.41, 5.74) is 8.75. The van der Waals surface area contributed by atoms with E-state index in [1.807, 2.05) is 31.2 Å². The van der Waals surface area contributed by atoms with Crippen LogP contribution in [0.2, 0.25) is 0 Å². The molecule has 1 aromatic carbocycles. The van der Waals surface area contributed by atoms with Crippen LogP contribution < -0.4 is 5.73 Å². The zero-order valence-corrected chi connectivity index (χ0v) is 9.44. The molecule has 0 unspecified atom stereocenters. The fourth-order valence-corrected chi connectivity index (χ4v) is 1.66. The molecular weight excluding hydrogens is 212 g/mol. The average Bonchev–Trinajstić information content (AvgIpc) is 2.73. The minimum absolute atomic E-state index is 0.491. The Kier molecular flexibility index (Phi) is 2.93. The highest BCUT2D eigenvalue weighted by atomic mass is 14.9. The molecule has 4 heteroatoms. The molecule has 2 rings (SSSR count). The summed E-state index contributed by atoms with van der Waals surface area (Å²) in [7, 11) is 0. The van der Waals surface area contributed by atoms with Gasteiger partial charge in [-0.1, -0.05) is 29.8 Å². The summed E-state index contributed by atoms with van der Waals surface area (Å²) in [5.74, 6) is 0.491. The molecule has 0 aliphatic carbocycles. The molecule has 0 saturated carbocycles. The predicted molar refractivity (Wildman–Crippen MR) is 68.0 cm³/mol. The van der Waals surface area contributed by atoms with Gasteiger partial charge in [-0.25, -0.2) is 4.99 Å². The molecule has 4 nitrogen and oxygen atoms in total. The van der Waals surface area contributed by atoms with Crippen LogP contribution in [0.4, 0.5) is 5.82 Å². The number of nitrogens with two attached hydrogens (primary N) is 1. The minimum Gasteiger partial charge on any atom is -0.390 e. The first-order valence-electron chi connectivity index (χ1n) is 5.19. The Labute approximate surface area is 99.4 Å². The molecule has 2 aromatic rings. The molecule has 1 heterocycles. The summed E-state index contributed by atoms with van der Waals surface area (Å²) in [4.78, 5) is 6.85. The van der Waals surface area contributed by atoms with Gasteiger partial charge in [0.25, 0.3) is 0 Å². The van der Waals surface area contributed by atoms with Crippen molar-refractivity contribution in [3.05, 3.63) is 41.6 Å². The van der Waals surface area contributed by atoms with Crippen molar-refractivity contribution in [1.29, 1.82) is 5.26 Å². The first-order chi connectivity index (χ1) is 8.26. The van der Waals surface area contributed by atoms with E-state index in [9.17, 15) is 0 Å². The lowest BCUT2D eigenvalue weighted by Gasteiger charge is -1.99. The maximum Gasteiger partial charge on any atom is 0.150 e. The number of nitrogens with one attached hydrogen (secondary N) is 1. The highest BCUT2D eigenvalue weighted by Crippen LogP contribution is 2.29. The third-order valence-electron chi connectivity index (χ3n) is 2.54. The summed E-state index contributed by atoms with van der Waals surface area (Å²) in [6, 6.07) is 10.1. The fourth-order valence-electron chi connectivity index (χ4n) is 1.66. The van der Waals surface area contributed by atoms with Gasteiger partial charge in [-0.15, -0.1) is 0 Å². The fraction of sp³-hybridized carbons (Fsp3) is 0.0769. The number of hydrogen-bond acceptors (Lipinski definition) is 2. The van der Waals surface area contributed by atoms with Gasteiger partial charge in [0.15, 0.2) is 0 Å². The standard InChI is InChI=1S/C13H12N4/c1-9-2-4-10(5-3-9)12-7-16-13(17-8-15)11(12)6-14/h2-5,7-8,16H,1H3,(H2,15,17). The van der Waals surface area contributed by atoms with Gasteiger partial charge in [0.1, 0.15) is 17.5 Å². The largest absolute Gasteiger partial charge is 0.390 e. The van der Waals surface area contributed by atoms with Gasteiger partial charge in [0.2, 0.25) is 0 Å². The van der Waals surface area contributed by atoms with E-state index in [-0.39, 0.29) is 0 Å². The second kappa shape index (κ2) is 4.54. The van der Waals surface area contributed by atoms with Crippen LogP contribution in [0.1, 0.15) is 11.1 Å². The van der Waals surface area contributed by atoms with Crippen LogP contribution in [0.15, 0.2) is 35.5 Å². The third kappa shape index (κ3) is 2.04. The van der Waals surface area contributed by atoms with Crippen LogP contribution in [0, 0.1) is 18.3 Å². The van der Waals surface area contributed by atoms with Crippen molar-refractivity contribution in [2.75, 3.05) is 0 Å². The molecule has 0 radical (unpaired) electrons. The Bertz CT molecular complexity index is 585. The van der Waals surface area contributed by atoms with Crippen molar-refractivity contribution in [1.82, 2.24) is 4.98 Å². The van der Waals surface area contributed by atoms with E-state index in [1.165, 1.54) is 11.9 Å². The first kappa shape index (κ1) is 11.0. The molecule has 17 heavy (non-hydrogen) atoms. The monoisotopic (exact) mass is 224 g/mol. The number of aliphatic imine (C=N–C) groups is 1. The second-order valence-electron chi connectivity index (χ2n) is 3.68. The van der Waals surface area contributed by atoms with Crippen molar-refractivity contribution in [3.63, 3.8) is 0 Å². The Morgan fingerprint density at radius 1 is 1.35 bits per heavy atom. The molecule has 84 valence electrons. The van der Waals surface area contributed by atoms with Gasteiger partial charge in [0, 0.05) is 11.8 Å². The topological polar surface area (TPSA) is 78.0 Å². The van der Waals surface area contributed by atoms with Crippen molar-refractivity contribution < 1.29 is 0 Å². The van der Waals surface area contributed by atoms with Gasteiger partial charge in [-0.2, -0.15) is 5.26 Å². The number of aromatic nitrogens is 1. The Hall–Kier alpha value is -2.54. The number of nitriles is 1. The van der Waals surface area contributed by atoms with Gasteiger partial charge in [0.05, 0.1) is 6.34 Å². The summed E-state index contributed by atoms with van der Waals surface area (Å²) >= 11 is 0. The lowest BCUT2D eigenvalue weighted by Crippen LogP contribution is -1.87. The number of H-pyrrole nitrogens is 1. The summed E-state index contributed by atoms with van der Waals surface area (Å²) in [5, 5.41) is 9.15. The highest BCUT2D eigenvalue weighted by Gasteiger charge is 2.11. The van der Waals surface area contributed by atoms with Crippen LogP contribution in [-0.2, 0) is 0 Å². The minimum atomic E-state index is 0.491. The number of nitrogens with zero attached hydrogens (tertiary/aromatic N) is 2. The lowest BCUT2D eigenvalue weighted by molar-refractivity contribution is 1.33. The molecule has 0 fully saturated rings. The van der Waals surface area contributed by atoms with Crippen LogP contribution in [0.25, 0.3) is 11.1 Å². The molecule has 0 amide bonds. The van der Waals surface area contributed by atoms with Crippen molar-refractivity contribution in [2.45, 2.75) is 6.92 Å². The molecule has 0 spiro atoms. The number of benzene rings is 1. The first-order valence-corrected chi connectivity index (χ1v) is 5.19. The molecule has 0 aliphatic heterocycles. The van der Waals surface area contributed by atoms with Crippen LogP contribution >= 0.6 is 0 Å². The molecule has 0 atom stereocenters. The van der Waals surface area contributed by atoms with Crippen LogP contribution in [0.3, 0.4) is 0 Å². The number of aromatic amines is 1. The van der Waals surface area contributed by atoms with Crippen molar-refractivity contribution in [2.24, 2.45) is 10.7 Å². The van der Waals surface area contributed by atoms with E-state index in [4.69, 9.17) is 11.0 Å². The Balaban J connectivity index is 2.53. The second-order valence-corrected chi connectivity index (χ2v) is 3.68. The molecular formula is C13H12N4. The van der Waals surface area contributed by atoms with Gasteiger partial charge in [-0.05, 0) is 12.5 Å². The normalized spacial score (nSPS) is 10.6. The van der Waals surface area contributed by atoms with Crippen molar-refractivity contribution in [3.8, 4) is 17.2 Å². The molecule has 0 aliphatic rings. The number of rotatable bonds is 2. The predicted octanol–water partition coefficient (Wildman–Crippen LogP) is 2.48. The maximum absolute atomic E-state index is 9.15. The smallest absolute Gasteiger partial charge is 0.150 e. The van der Waals surface area contributed by atoms with E-state index in [0.29, 0.717) is 11.4 Å². The van der Waals surface area contributed by atoms with Gasteiger partial charge < -0.3 is 10.7 Å². The van der Waals surface area contributed by atoms with Crippen molar-refractivity contribution >= 4 is 12.2 Å². The SMILES string of the molecule is Cc1ccc(-c2c[nH]c(/N=C\N)c2C#N)cc1. The zero-order chi connectivity index (χ0) is 12.3. The quantitative estimate of drug-likeness (QED) is 0.607. The number of aryl methyl sites for hydroxylation is 1. The van der Waals surface area contributed by atoms with E-state index in [0.717, 1.165) is 11.1 Å². The van der Waals surface area contributed by atoms with Crippen LogP contribution in [-0.4, -0.2) is 11.3 Å². The Morgan fingerprint density at radius 2 is 2.06 bits per heavy atom.